The average molecular weight is 603 g/mol. The number of phenols is 1. The van der Waals surface area contributed by atoms with E-state index in [1.54, 1.807) is 20.2 Å². The van der Waals surface area contributed by atoms with Crippen LogP contribution in [0, 0.1) is 23.7 Å². The van der Waals surface area contributed by atoms with Crippen molar-refractivity contribution in [2.24, 2.45) is 29.4 Å². The van der Waals surface area contributed by atoms with Crippen molar-refractivity contribution in [2.75, 3.05) is 32.5 Å². The van der Waals surface area contributed by atoms with Gasteiger partial charge in [0.1, 0.15) is 5.75 Å². The molecule has 5 N–H and O–H groups in total. The van der Waals surface area contributed by atoms with Crippen molar-refractivity contribution in [2.45, 2.75) is 49.9 Å². The minimum Gasteiger partial charge on any atom is -0.507 e. The van der Waals surface area contributed by atoms with Crippen molar-refractivity contribution in [3.8, 4) is 5.75 Å². The average Bonchev–Trinajstić information content (AvgIpc) is 2.97. The molecule has 1 heterocycles. The number of anilines is 1. The zero-order chi connectivity index (χ0) is 31.5. The molecule has 44 heavy (non-hydrogen) atoms. The highest BCUT2D eigenvalue weighted by molar-refractivity contribution is 6.32. The number of hydrogen-bond donors (Lipinski definition) is 4. The summed E-state index contributed by atoms with van der Waals surface area (Å²) in [5.41, 5.74) is 5.21. The quantitative estimate of drug-likeness (QED) is 0.276. The Bertz CT molecular complexity index is 1530. The van der Waals surface area contributed by atoms with Crippen LogP contribution in [-0.4, -0.2) is 93.9 Å². The lowest BCUT2D eigenvalue weighted by Crippen LogP contribution is -2.74. The summed E-state index contributed by atoms with van der Waals surface area (Å²) in [4.78, 5) is 70.7. The first-order valence-electron chi connectivity index (χ1n) is 15.2. The van der Waals surface area contributed by atoms with Crippen LogP contribution in [0.15, 0.2) is 42.5 Å². The number of Topliss-reactive ketones (excluding diaryl/α,β-unsaturated/α-hetero) is 4. The maximum Gasteiger partial charge on any atom is 0.235 e. The lowest BCUT2D eigenvalue weighted by Gasteiger charge is -2.52. The number of rotatable bonds is 6. The first kappa shape index (κ1) is 30.1. The number of aromatic hydroxyl groups is 1. The number of likely N-dealkylation sites (N-methyl/N-ethyl adjacent to an activating group) is 1. The Morgan fingerprint density at radius 2 is 1.73 bits per heavy atom. The molecular weight excluding hydrogens is 564 g/mol. The minimum atomic E-state index is -2.73. The third-order valence-corrected chi connectivity index (χ3v) is 10.1. The summed E-state index contributed by atoms with van der Waals surface area (Å²) >= 11 is 0. The number of benzene rings is 2. The van der Waals surface area contributed by atoms with Gasteiger partial charge >= 0.3 is 0 Å². The Balaban J connectivity index is 1.27. The Labute approximate surface area is 255 Å². The molecule has 0 aromatic heterocycles. The highest BCUT2D eigenvalue weighted by Crippen LogP contribution is 2.51. The summed E-state index contributed by atoms with van der Waals surface area (Å²) < 4.78 is 0. The van der Waals surface area contributed by atoms with Gasteiger partial charge in [-0.2, -0.15) is 0 Å². The van der Waals surface area contributed by atoms with Crippen molar-refractivity contribution in [3.63, 3.8) is 0 Å². The number of carbonyl (C=O) groups excluding carboxylic acids is 5. The second-order valence-corrected chi connectivity index (χ2v) is 13.0. The second-order valence-electron chi connectivity index (χ2n) is 13.0. The lowest BCUT2D eigenvalue weighted by molar-refractivity contribution is -0.181. The first-order chi connectivity index (χ1) is 20.9. The van der Waals surface area contributed by atoms with Gasteiger partial charge in [0.2, 0.25) is 5.91 Å². The number of aliphatic hydroxyl groups is 1. The largest absolute Gasteiger partial charge is 0.507 e. The predicted octanol–water partition coefficient (Wildman–Crippen LogP) is 0.944. The van der Waals surface area contributed by atoms with Gasteiger partial charge in [-0.1, -0.05) is 30.3 Å². The molecule has 3 fully saturated rings. The van der Waals surface area contributed by atoms with Crippen LogP contribution in [0.3, 0.4) is 0 Å². The molecule has 0 spiro atoms. The molecular formula is C33H38N4O7. The number of nitrogens with zero attached hydrogens (tertiary/aromatic N) is 2. The Morgan fingerprint density at radius 1 is 1.05 bits per heavy atom. The smallest absolute Gasteiger partial charge is 0.235 e. The number of likely N-dealkylation sites (tertiary alicyclic amines) is 1. The van der Waals surface area contributed by atoms with Gasteiger partial charge in [0.25, 0.3) is 0 Å². The molecule has 1 aliphatic heterocycles. The maximum absolute atomic E-state index is 14.0. The summed E-state index contributed by atoms with van der Waals surface area (Å²) in [5, 5.41) is 26.1. The molecule has 11 heteroatoms. The summed E-state index contributed by atoms with van der Waals surface area (Å²) in [5.74, 6) is -10.4. The molecule has 232 valence electrons. The second kappa shape index (κ2) is 11.2. The monoisotopic (exact) mass is 602 g/mol. The number of primary amides is 1. The molecule has 6 unspecified atom stereocenters. The third-order valence-electron chi connectivity index (χ3n) is 10.1. The molecule has 4 aliphatic rings. The fourth-order valence-electron chi connectivity index (χ4n) is 8.04. The number of fused-ring (bicyclic) bond motifs is 3. The van der Waals surface area contributed by atoms with Crippen LogP contribution in [0.4, 0.5) is 5.69 Å². The van der Waals surface area contributed by atoms with Gasteiger partial charge in [0.15, 0.2) is 34.7 Å². The summed E-state index contributed by atoms with van der Waals surface area (Å²) in [7, 11) is 3.14. The topological polar surface area (TPSA) is 170 Å². The van der Waals surface area contributed by atoms with E-state index in [-0.39, 0.29) is 30.2 Å². The first-order valence-corrected chi connectivity index (χ1v) is 15.2. The van der Waals surface area contributed by atoms with Crippen LogP contribution in [0.5, 0.6) is 5.75 Å². The van der Waals surface area contributed by atoms with E-state index in [0.717, 1.165) is 32.5 Å². The van der Waals surface area contributed by atoms with Crippen molar-refractivity contribution in [1.82, 2.24) is 9.80 Å². The molecule has 11 nitrogen and oxygen atoms in total. The van der Waals surface area contributed by atoms with Crippen molar-refractivity contribution < 1.29 is 34.2 Å². The van der Waals surface area contributed by atoms with Gasteiger partial charge in [-0.3, -0.25) is 33.8 Å². The number of ketones is 4. The van der Waals surface area contributed by atoms with Crippen LogP contribution in [0.25, 0.3) is 0 Å². The fourth-order valence-corrected chi connectivity index (χ4v) is 8.04. The molecule has 1 amide bonds. The van der Waals surface area contributed by atoms with E-state index in [0.29, 0.717) is 11.3 Å². The SMILES string of the molecule is CN(C)C1C(=O)C(C(N)=O)C(=O)C2(O)C(=O)C3C(=O)c4c(O)ccc(NC5CCN(Cc6ccccc6)CC5)c4CC3CC12. The Kier molecular flexibility index (Phi) is 7.67. The molecule has 3 aliphatic carbocycles. The van der Waals surface area contributed by atoms with E-state index >= 15 is 0 Å². The molecule has 0 radical (unpaired) electrons. The van der Waals surface area contributed by atoms with Gasteiger partial charge in [-0.15, -0.1) is 0 Å². The van der Waals surface area contributed by atoms with Crippen LogP contribution >= 0.6 is 0 Å². The van der Waals surface area contributed by atoms with Crippen LogP contribution in [0.1, 0.15) is 40.7 Å². The van der Waals surface area contributed by atoms with E-state index in [4.69, 9.17) is 5.73 Å². The summed E-state index contributed by atoms with van der Waals surface area (Å²) in [6.45, 7) is 2.66. The van der Waals surface area contributed by atoms with E-state index < -0.39 is 64.4 Å². The molecule has 2 aromatic carbocycles. The van der Waals surface area contributed by atoms with Gasteiger partial charge in [-0.05, 0) is 69.0 Å². The molecule has 1 saturated heterocycles. The predicted molar refractivity (Wildman–Crippen MR) is 160 cm³/mol. The van der Waals surface area contributed by atoms with E-state index in [1.165, 1.54) is 16.5 Å². The number of piperidine rings is 1. The molecule has 2 aromatic rings. The van der Waals surface area contributed by atoms with Crippen LogP contribution in [0.2, 0.25) is 0 Å². The van der Waals surface area contributed by atoms with Crippen LogP contribution in [-0.2, 0) is 32.1 Å². The number of carbonyl (C=O) groups is 5. The molecule has 6 atom stereocenters. The zero-order valence-electron chi connectivity index (χ0n) is 24.9. The van der Waals surface area contributed by atoms with Crippen molar-refractivity contribution >= 4 is 34.7 Å². The normalized spacial score (nSPS) is 31.0. The van der Waals surface area contributed by atoms with E-state index in [9.17, 15) is 34.2 Å². The van der Waals surface area contributed by atoms with E-state index in [2.05, 4.69) is 22.3 Å². The Morgan fingerprint density at radius 3 is 2.36 bits per heavy atom. The summed E-state index contributed by atoms with van der Waals surface area (Å²) in [6, 6.07) is 12.5. The number of hydrogen-bond acceptors (Lipinski definition) is 10. The number of nitrogens with two attached hydrogens (primary N) is 1. The Hall–Kier alpha value is -3.93. The highest BCUT2D eigenvalue weighted by Gasteiger charge is 2.69. The highest BCUT2D eigenvalue weighted by atomic mass is 16.3. The number of phenolic OH excluding ortho intramolecular Hbond substituents is 1. The number of amides is 1. The number of nitrogens with one attached hydrogen (secondary N) is 1. The molecule has 6 rings (SSSR count). The zero-order valence-corrected chi connectivity index (χ0v) is 24.9. The summed E-state index contributed by atoms with van der Waals surface area (Å²) in [6.07, 6.45) is 2.02. The standard InChI is InChI=1S/C33H38N4O7/c1-36(2)27-21-15-18-14-20-22(35-19-10-12-37(13-11-19)16-17-6-4-3-5-7-17)8-9-23(38)25(20)28(39)24(18)30(41)33(21,44)31(42)26(29(27)40)32(34)43/h3-9,18-19,21,24,26-27,35,38,44H,10-16H2,1-2H3,(H2,34,43). The van der Waals surface area contributed by atoms with Crippen LogP contribution < -0.4 is 11.1 Å². The van der Waals surface area contributed by atoms with Crippen molar-refractivity contribution in [3.05, 3.63) is 59.2 Å². The van der Waals surface area contributed by atoms with Gasteiger partial charge in [0, 0.05) is 37.3 Å². The van der Waals surface area contributed by atoms with Crippen molar-refractivity contribution in [1.29, 1.82) is 0 Å². The minimum absolute atomic E-state index is 0.00288. The van der Waals surface area contributed by atoms with Gasteiger partial charge in [0.05, 0.1) is 17.5 Å². The molecule has 0 bridgehead atoms. The van der Waals surface area contributed by atoms with Gasteiger partial charge < -0.3 is 21.3 Å². The fraction of sp³-hybridized carbons (Fsp3) is 0.485. The van der Waals surface area contributed by atoms with E-state index in [1.807, 2.05) is 18.2 Å². The lowest BCUT2D eigenvalue weighted by atomic mass is 9.52. The van der Waals surface area contributed by atoms with Gasteiger partial charge in [-0.25, -0.2) is 0 Å². The molecule has 2 saturated carbocycles. The third kappa shape index (κ3) is 4.74. The maximum atomic E-state index is 14.0.